The Morgan fingerprint density at radius 1 is 0.397 bits per heavy atom. The van der Waals surface area contributed by atoms with Crippen molar-refractivity contribution < 1.29 is 53.4 Å². The highest BCUT2D eigenvalue weighted by Gasteiger charge is 2.37. The number of nitrogens with one attached hydrogen (secondary N) is 8. The molecule has 0 fully saturated rings. The highest BCUT2D eigenvalue weighted by atomic mass is 16.4. The Hall–Kier alpha value is -5.63. The van der Waals surface area contributed by atoms with Gasteiger partial charge in [0.05, 0.1) is 12.1 Å². The number of rotatable bonds is 32. The second-order valence-electron chi connectivity index (χ2n) is 22.3. The molecule has 0 spiro atoms. The molecule has 0 saturated carbocycles. The molecule has 73 heavy (non-hydrogen) atoms. The van der Waals surface area contributed by atoms with Crippen molar-refractivity contribution in [3.8, 4) is 0 Å². The van der Waals surface area contributed by atoms with Gasteiger partial charge in [0.1, 0.15) is 48.3 Å². The van der Waals surface area contributed by atoms with Crippen molar-refractivity contribution in [1.82, 2.24) is 42.5 Å². The average molecular weight is 1030 g/mol. The maximum absolute atomic E-state index is 14.5. The zero-order chi connectivity index (χ0) is 56.0. The first kappa shape index (κ1) is 65.4. The molecule has 0 saturated heterocycles. The first-order valence-corrected chi connectivity index (χ1v) is 26.0. The largest absolute Gasteiger partial charge is 0.480 e. The molecule has 0 aliphatic heterocycles. The minimum absolute atomic E-state index is 0.0411. The van der Waals surface area contributed by atoms with Gasteiger partial charge in [0.15, 0.2) is 0 Å². The second-order valence-corrected chi connectivity index (χ2v) is 22.3. The van der Waals surface area contributed by atoms with Gasteiger partial charge in [-0.3, -0.25) is 38.4 Å². The number of aliphatic hydroxyl groups excluding tert-OH is 1. The van der Waals surface area contributed by atoms with Crippen molar-refractivity contribution in [2.24, 2.45) is 47.2 Å². The number of aliphatic hydroxyl groups is 1. The average Bonchev–Trinajstić information content (AvgIpc) is 3.26. The molecule has 0 aliphatic carbocycles. The van der Waals surface area contributed by atoms with E-state index in [4.69, 9.17) is 5.73 Å². The molecule has 12 N–H and O–H groups in total. The number of amides is 8. The summed E-state index contributed by atoms with van der Waals surface area (Å²) in [6.07, 6.45) is -0.469. The first-order chi connectivity index (χ1) is 33.8. The van der Waals surface area contributed by atoms with E-state index in [1.54, 1.807) is 58.0 Å². The lowest BCUT2D eigenvalue weighted by molar-refractivity contribution is -0.143. The zero-order valence-electron chi connectivity index (χ0n) is 46.1. The smallest absolute Gasteiger partial charge is 0.326 e. The van der Waals surface area contributed by atoms with Crippen LogP contribution in [0.2, 0.25) is 0 Å². The van der Waals surface area contributed by atoms with Gasteiger partial charge in [0, 0.05) is 6.42 Å². The Kier molecular flexibility index (Phi) is 28.5. The highest BCUT2D eigenvalue weighted by molar-refractivity contribution is 5.98. The summed E-state index contributed by atoms with van der Waals surface area (Å²) in [7, 11) is 0. The van der Waals surface area contributed by atoms with E-state index in [9.17, 15) is 53.4 Å². The summed E-state index contributed by atoms with van der Waals surface area (Å²) in [6.45, 7) is 26.5. The van der Waals surface area contributed by atoms with Crippen LogP contribution in [0.4, 0.5) is 0 Å². The predicted molar refractivity (Wildman–Crippen MR) is 280 cm³/mol. The SMILES string of the molecule is CC(C)C[C@H](NC(=O)[C@H](CC(C)C)NC(=O)[C@H](Cc1ccccc1)NC(=O)[C@@H](NC(=O)[C@@H](NC(=O)[C@H](CC(C)C)NC(=O)[C@@H](N)CC(C)C)[C@@H](C)O)C(C)C)C(=O)N[C@@H](CC(C)C)C(=O)N[C@H](C(=O)O)C(C)C. The number of carbonyl (C=O) groups is 9. The van der Waals surface area contributed by atoms with Gasteiger partial charge in [-0.05, 0) is 86.0 Å². The van der Waals surface area contributed by atoms with E-state index in [-0.39, 0.29) is 61.7 Å². The quantitative estimate of drug-likeness (QED) is 0.0496. The molecular weight excluding hydrogens is 939 g/mol. The van der Waals surface area contributed by atoms with Crippen molar-refractivity contribution in [2.75, 3.05) is 0 Å². The van der Waals surface area contributed by atoms with E-state index < -0.39 is 126 Å². The van der Waals surface area contributed by atoms with Crippen molar-refractivity contribution in [3.05, 3.63) is 35.9 Å². The lowest BCUT2D eigenvalue weighted by atomic mass is 9.97. The minimum Gasteiger partial charge on any atom is -0.480 e. The molecule has 1 aromatic carbocycles. The third kappa shape index (κ3) is 24.3. The molecule has 20 heteroatoms. The summed E-state index contributed by atoms with van der Waals surface area (Å²) < 4.78 is 0. The minimum atomic E-state index is -1.56. The number of hydrogen-bond donors (Lipinski definition) is 11. The van der Waals surface area contributed by atoms with E-state index in [2.05, 4.69) is 42.5 Å². The van der Waals surface area contributed by atoms with E-state index in [1.165, 1.54) is 6.92 Å². The Morgan fingerprint density at radius 2 is 0.699 bits per heavy atom. The maximum Gasteiger partial charge on any atom is 0.326 e. The van der Waals surface area contributed by atoms with E-state index in [0.717, 1.165) is 0 Å². The highest BCUT2D eigenvalue weighted by Crippen LogP contribution is 2.15. The summed E-state index contributed by atoms with van der Waals surface area (Å²) in [5.74, 6) is -8.32. The van der Waals surface area contributed by atoms with E-state index >= 15 is 0 Å². The van der Waals surface area contributed by atoms with Gasteiger partial charge >= 0.3 is 5.97 Å². The fourth-order valence-corrected chi connectivity index (χ4v) is 8.05. The van der Waals surface area contributed by atoms with Crippen LogP contribution in [0.1, 0.15) is 142 Å². The van der Waals surface area contributed by atoms with Crippen LogP contribution in [-0.4, -0.2) is 124 Å². The number of hydrogen-bond acceptors (Lipinski definition) is 11. The van der Waals surface area contributed by atoms with Crippen molar-refractivity contribution in [3.63, 3.8) is 0 Å². The lowest BCUT2D eigenvalue weighted by Gasteiger charge is -2.30. The summed E-state index contributed by atoms with van der Waals surface area (Å²) >= 11 is 0. The molecule has 414 valence electrons. The molecular formula is C53H91N9O11. The van der Waals surface area contributed by atoms with Crippen LogP contribution in [0.3, 0.4) is 0 Å². The Bertz CT molecular complexity index is 1960. The predicted octanol–water partition coefficient (Wildman–Crippen LogP) is 2.44. The normalized spacial score (nSPS) is 15.8. The molecule has 0 aliphatic rings. The molecule has 1 aromatic rings. The first-order valence-electron chi connectivity index (χ1n) is 26.0. The van der Waals surface area contributed by atoms with Gasteiger partial charge in [0.2, 0.25) is 47.3 Å². The number of carbonyl (C=O) groups excluding carboxylic acids is 8. The van der Waals surface area contributed by atoms with Gasteiger partial charge in [-0.25, -0.2) is 4.79 Å². The monoisotopic (exact) mass is 1030 g/mol. The molecule has 0 unspecified atom stereocenters. The molecule has 1 rings (SSSR count). The van der Waals surface area contributed by atoms with Gasteiger partial charge in [0.25, 0.3) is 0 Å². The summed E-state index contributed by atoms with van der Waals surface area (Å²) in [6, 6.07) is -2.05. The molecule has 0 radical (unpaired) electrons. The van der Waals surface area contributed by atoms with Gasteiger partial charge in [-0.1, -0.05) is 127 Å². The molecule has 10 atom stereocenters. The standard InChI is InChI=1S/C53H91N9O11/c1-27(2)21-36(54)45(64)55-39(24-30(7)8)50(69)62-44(34(15)63)52(71)60-42(32(11)12)51(70)59-41(26-35-19-17-16-18-20-35)48(67)57-38(23-29(5)6)46(65)56-37(22-28(3)4)47(66)58-40(25-31(9)10)49(68)61-43(33(13)14)53(72)73/h16-20,27-34,36-44,63H,21-26,54H2,1-15H3,(H,55,64)(H,56,65)(H,57,67)(H,58,66)(H,59,70)(H,60,71)(H,61,68)(H,62,69)(H,72,73)/t34-,36+,37+,38+,39+,40+,41+,42+,43+,44+/m1/s1. The van der Waals surface area contributed by atoms with Crippen LogP contribution in [-0.2, 0) is 49.6 Å². The topological polar surface area (TPSA) is 316 Å². The third-order valence-electron chi connectivity index (χ3n) is 11.9. The number of aliphatic carboxylic acids is 1. The Morgan fingerprint density at radius 3 is 1.04 bits per heavy atom. The van der Waals surface area contributed by atoms with Crippen LogP contribution in [0.15, 0.2) is 30.3 Å². The maximum atomic E-state index is 14.5. The summed E-state index contributed by atoms with van der Waals surface area (Å²) in [4.78, 5) is 123. The van der Waals surface area contributed by atoms with E-state index in [1.807, 2.05) is 69.2 Å². The third-order valence-corrected chi connectivity index (χ3v) is 11.9. The van der Waals surface area contributed by atoms with Crippen LogP contribution in [0, 0.1) is 41.4 Å². The Balaban J connectivity index is 3.52. The molecule has 0 bridgehead atoms. The number of carboxylic acid groups (broad SMARTS) is 1. The van der Waals surface area contributed by atoms with Crippen LogP contribution in [0.5, 0.6) is 0 Å². The van der Waals surface area contributed by atoms with Gasteiger partial charge < -0.3 is 58.5 Å². The number of nitrogens with two attached hydrogens (primary N) is 1. The molecule has 8 amide bonds. The molecule has 0 aromatic heterocycles. The molecule has 0 heterocycles. The fraction of sp³-hybridized carbons (Fsp3) is 0.717. The van der Waals surface area contributed by atoms with E-state index in [0.29, 0.717) is 12.0 Å². The Labute approximate surface area is 433 Å². The lowest BCUT2D eigenvalue weighted by Crippen LogP contribution is -2.62. The number of benzene rings is 1. The van der Waals surface area contributed by atoms with Crippen molar-refractivity contribution >= 4 is 53.2 Å². The van der Waals surface area contributed by atoms with Crippen LogP contribution < -0.4 is 48.3 Å². The second kappa shape index (κ2) is 31.8. The fourth-order valence-electron chi connectivity index (χ4n) is 8.05. The zero-order valence-corrected chi connectivity index (χ0v) is 46.1. The van der Waals surface area contributed by atoms with Gasteiger partial charge in [-0.2, -0.15) is 0 Å². The summed E-state index contributed by atoms with van der Waals surface area (Å²) in [5, 5.41) is 42.0. The number of carboxylic acids is 1. The van der Waals surface area contributed by atoms with Crippen LogP contribution >= 0.6 is 0 Å². The van der Waals surface area contributed by atoms with Crippen LogP contribution in [0.25, 0.3) is 0 Å². The van der Waals surface area contributed by atoms with Gasteiger partial charge in [-0.15, -0.1) is 0 Å². The van der Waals surface area contributed by atoms with Crippen molar-refractivity contribution in [2.45, 2.75) is 203 Å². The van der Waals surface area contributed by atoms with Crippen molar-refractivity contribution in [1.29, 1.82) is 0 Å². The molecule has 20 nitrogen and oxygen atoms in total. The summed E-state index contributed by atoms with van der Waals surface area (Å²) in [5.41, 5.74) is 6.74.